The van der Waals surface area contributed by atoms with Crippen LogP contribution in [0.15, 0.2) is 18.2 Å². The number of ether oxygens (including phenoxy) is 5. The molecule has 214 valence electrons. The Labute approximate surface area is 225 Å². The lowest BCUT2D eigenvalue weighted by Crippen LogP contribution is -2.51. The van der Waals surface area contributed by atoms with Crippen molar-refractivity contribution >= 4 is 24.1 Å². The van der Waals surface area contributed by atoms with Gasteiger partial charge in [0.15, 0.2) is 11.5 Å². The number of hydrogen-bond acceptors (Lipinski definition) is 10. The van der Waals surface area contributed by atoms with Gasteiger partial charge in [-0.2, -0.15) is 0 Å². The molecule has 0 saturated heterocycles. The fourth-order valence-corrected chi connectivity index (χ4v) is 3.63. The smallest absolute Gasteiger partial charge is 0.468 e. The minimum Gasteiger partial charge on any atom is -0.468 e. The second kappa shape index (κ2) is 16.0. The maximum atomic E-state index is 12.6. The predicted molar refractivity (Wildman–Crippen MR) is 141 cm³/mol. The third-order valence-electron chi connectivity index (χ3n) is 5.48. The highest BCUT2D eigenvalue weighted by Crippen LogP contribution is 2.31. The van der Waals surface area contributed by atoms with Crippen LogP contribution in [0, 0.1) is 11.8 Å². The second-order valence-electron chi connectivity index (χ2n) is 10.3. The minimum absolute atomic E-state index is 0.0285. The number of hydrogen-bond donors (Lipinski definition) is 1. The summed E-state index contributed by atoms with van der Waals surface area (Å²) in [5.41, 5.74) is 5.38. The third kappa shape index (κ3) is 11.9. The van der Waals surface area contributed by atoms with Crippen molar-refractivity contribution in [2.45, 2.75) is 91.7 Å². The first-order valence-electron chi connectivity index (χ1n) is 13.0. The third-order valence-corrected chi connectivity index (χ3v) is 5.48. The van der Waals surface area contributed by atoms with E-state index in [0.717, 1.165) is 6.42 Å². The highest BCUT2D eigenvalue weighted by Gasteiger charge is 2.36. The van der Waals surface area contributed by atoms with Gasteiger partial charge in [0.1, 0.15) is 11.6 Å². The van der Waals surface area contributed by atoms with Gasteiger partial charge in [0, 0.05) is 25.7 Å². The van der Waals surface area contributed by atoms with Crippen molar-refractivity contribution in [3.8, 4) is 11.5 Å². The fourth-order valence-electron chi connectivity index (χ4n) is 3.63. The predicted octanol–water partition coefficient (Wildman–Crippen LogP) is 4.73. The Morgan fingerprint density at radius 3 is 2.03 bits per heavy atom. The number of benzene rings is 1. The molecule has 0 aliphatic heterocycles. The zero-order valence-corrected chi connectivity index (χ0v) is 23.7. The van der Waals surface area contributed by atoms with E-state index in [-0.39, 0.29) is 61.7 Å². The van der Waals surface area contributed by atoms with Crippen LogP contribution in [0.3, 0.4) is 0 Å². The minimum atomic E-state index is -1.56. The quantitative estimate of drug-likeness (QED) is 0.246. The van der Waals surface area contributed by atoms with Crippen molar-refractivity contribution in [3.05, 3.63) is 23.8 Å². The van der Waals surface area contributed by atoms with Crippen LogP contribution >= 0.6 is 0 Å². The van der Waals surface area contributed by atoms with Gasteiger partial charge in [-0.3, -0.25) is 14.4 Å². The maximum Gasteiger partial charge on any atom is 0.508 e. The van der Waals surface area contributed by atoms with Gasteiger partial charge in [-0.05, 0) is 42.9 Å². The second-order valence-corrected chi connectivity index (χ2v) is 10.3. The van der Waals surface area contributed by atoms with Gasteiger partial charge >= 0.3 is 24.1 Å². The molecule has 38 heavy (non-hydrogen) atoms. The van der Waals surface area contributed by atoms with E-state index in [4.69, 9.17) is 29.4 Å². The molecule has 0 aliphatic rings. The molecule has 2 N–H and O–H groups in total. The van der Waals surface area contributed by atoms with Crippen LogP contribution in [0.5, 0.6) is 11.5 Å². The molecule has 0 aromatic heterocycles. The van der Waals surface area contributed by atoms with Crippen molar-refractivity contribution in [2.75, 3.05) is 13.7 Å². The first-order chi connectivity index (χ1) is 17.8. The Balaban J connectivity index is 3.10. The Morgan fingerprint density at radius 2 is 1.50 bits per heavy atom. The van der Waals surface area contributed by atoms with E-state index >= 15 is 0 Å². The van der Waals surface area contributed by atoms with Crippen LogP contribution in [-0.2, 0) is 35.0 Å². The first-order valence-corrected chi connectivity index (χ1v) is 13.0. The molecule has 1 aromatic rings. The molecule has 0 spiro atoms. The van der Waals surface area contributed by atoms with Crippen molar-refractivity contribution in [2.24, 2.45) is 17.6 Å². The molecular weight excluding hydrogens is 494 g/mol. The lowest BCUT2D eigenvalue weighted by molar-refractivity contribution is -0.148. The molecule has 2 atom stereocenters. The van der Waals surface area contributed by atoms with Crippen molar-refractivity contribution in [3.63, 3.8) is 0 Å². The Bertz CT molecular complexity index is 944. The molecule has 0 heterocycles. The SMILES string of the molecule is CCC[C@H](C)OC(=O)OCC[C@@](N)(Cc1ccc(OC(=O)CC(C)C)c(OC(=O)CC(C)C)c1)C(=O)OC. The van der Waals surface area contributed by atoms with Crippen LogP contribution in [0.1, 0.15) is 79.2 Å². The fraction of sp³-hybridized carbons (Fsp3) is 0.643. The van der Waals surface area contributed by atoms with Gasteiger partial charge in [0.2, 0.25) is 0 Å². The molecule has 0 saturated carbocycles. The van der Waals surface area contributed by atoms with E-state index in [0.29, 0.717) is 12.0 Å². The molecule has 10 heteroatoms. The first kappa shape index (κ1) is 32.9. The number of carbonyl (C=O) groups is 4. The summed E-state index contributed by atoms with van der Waals surface area (Å²) in [5.74, 6) is -1.39. The summed E-state index contributed by atoms with van der Waals surface area (Å²) < 4.78 is 26.1. The van der Waals surface area contributed by atoms with Crippen molar-refractivity contribution in [1.29, 1.82) is 0 Å². The normalized spacial score (nSPS) is 13.4. The van der Waals surface area contributed by atoms with Crippen molar-refractivity contribution in [1.82, 2.24) is 0 Å². The van der Waals surface area contributed by atoms with E-state index in [2.05, 4.69) is 0 Å². The van der Waals surface area contributed by atoms with Crippen LogP contribution in [-0.4, -0.2) is 49.4 Å². The summed E-state index contributed by atoms with van der Waals surface area (Å²) in [6, 6.07) is 4.61. The van der Waals surface area contributed by atoms with Gasteiger partial charge in [-0.1, -0.05) is 47.1 Å². The molecule has 0 amide bonds. The Morgan fingerprint density at radius 1 is 0.921 bits per heavy atom. The molecule has 0 radical (unpaired) electrons. The molecular formula is C28H43NO9. The lowest BCUT2D eigenvalue weighted by atomic mass is 9.88. The summed E-state index contributed by atoms with van der Waals surface area (Å²) in [6.07, 6.45) is 0.694. The van der Waals surface area contributed by atoms with Gasteiger partial charge < -0.3 is 29.4 Å². The van der Waals surface area contributed by atoms with Crippen LogP contribution in [0.25, 0.3) is 0 Å². The van der Waals surface area contributed by atoms with Gasteiger partial charge in [0.25, 0.3) is 0 Å². The summed E-state index contributed by atoms with van der Waals surface area (Å²) in [5, 5.41) is 0. The maximum absolute atomic E-state index is 12.6. The summed E-state index contributed by atoms with van der Waals surface area (Å²) in [7, 11) is 1.21. The number of rotatable bonds is 15. The largest absolute Gasteiger partial charge is 0.508 e. The van der Waals surface area contributed by atoms with E-state index in [1.165, 1.54) is 19.2 Å². The standard InChI is InChI=1S/C28H43NO9/c1-8-9-20(6)36-27(33)35-13-12-28(29,26(32)34-7)17-21-10-11-22(37-24(30)14-18(2)3)23(16-21)38-25(31)15-19(4)5/h10-11,16,18-20H,8-9,12-15,17,29H2,1-7H3/t20-,28+/m0/s1. The summed E-state index contributed by atoms with van der Waals surface area (Å²) in [4.78, 5) is 49.2. The number of methoxy groups -OCH3 is 1. The van der Waals surface area contributed by atoms with E-state index in [1.54, 1.807) is 13.0 Å². The highest BCUT2D eigenvalue weighted by molar-refractivity contribution is 5.81. The average molecular weight is 538 g/mol. The van der Waals surface area contributed by atoms with E-state index in [1.807, 2.05) is 34.6 Å². The molecule has 0 bridgehead atoms. The zero-order chi connectivity index (χ0) is 28.9. The molecule has 0 aliphatic carbocycles. The number of esters is 3. The molecule has 10 nitrogen and oxygen atoms in total. The van der Waals surface area contributed by atoms with Crippen LogP contribution < -0.4 is 15.2 Å². The molecule has 1 rings (SSSR count). The number of carbonyl (C=O) groups excluding carboxylic acids is 4. The Kier molecular flexibility index (Phi) is 13.8. The molecule has 1 aromatic carbocycles. The Hall–Kier alpha value is -3.14. The van der Waals surface area contributed by atoms with E-state index in [9.17, 15) is 19.2 Å². The molecule has 0 fully saturated rings. The topological polar surface area (TPSA) is 140 Å². The average Bonchev–Trinajstić information content (AvgIpc) is 2.79. The van der Waals surface area contributed by atoms with Crippen LogP contribution in [0.2, 0.25) is 0 Å². The van der Waals surface area contributed by atoms with Gasteiger partial charge in [0.05, 0.1) is 13.7 Å². The summed E-state index contributed by atoms with van der Waals surface area (Å²) >= 11 is 0. The van der Waals surface area contributed by atoms with Gasteiger partial charge in [-0.25, -0.2) is 4.79 Å². The van der Waals surface area contributed by atoms with Gasteiger partial charge in [-0.15, -0.1) is 0 Å². The lowest BCUT2D eigenvalue weighted by Gasteiger charge is -2.27. The van der Waals surface area contributed by atoms with Crippen LogP contribution in [0.4, 0.5) is 4.79 Å². The highest BCUT2D eigenvalue weighted by atomic mass is 16.7. The monoisotopic (exact) mass is 537 g/mol. The zero-order valence-electron chi connectivity index (χ0n) is 23.7. The van der Waals surface area contributed by atoms with E-state index < -0.39 is 29.6 Å². The molecule has 0 unspecified atom stereocenters. The van der Waals surface area contributed by atoms with Crippen molar-refractivity contribution < 1.29 is 42.9 Å². The summed E-state index contributed by atoms with van der Waals surface area (Å²) in [6.45, 7) is 11.1. The number of nitrogens with two attached hydrogens (primary N) is 1.